The maximum absolute atomic E-state index is 2.47. The van der Waals surface area contributed by atoms with Crippen molar-refractivity contribution in [1.29, 1.82) is 0 Å². The summed E-state index contributed by atoms with van der Waals surface area (Å²) in [5, 5.41) is 0. The normalized spacial score (nSPS) is 29.9. The van der Waals surface area contributed by atoms with Crippen molar-refractivity contribution in [2.24, 2.45) is 41.4 Å². The zero-order valence-corrected chi connectivity index (χ0v) is 30.8. The molecule has 0 saturated heterocycles. The summed E-state index contributed by atoms with van der Waals surface area (Å²) >= 11 is 0. The van der Waals surface area contributed by atoms with Gasteiger partial charge in [-0.2, -0.15) is 0 Å². The molecule has 2 atom stereocenters. The van der Waals surface area contributed by atoms with Crippen LogP contribution in [0, 0.1) is 41.4 Å². The summed E-state index contributed by atoms with van der Waals surface area (Å²) in [5.41, 5.74) is 0. The quantitative estimate of drug-likeness (QED) is 0.294. The van der Waals surface area contributed by atoms with E-state index in [2.05, 4.69) is 20.8 Å². The Bertz CT molecular complexity index is 500. The van der Waals surface area contributed by atoms with E-state index in [0.29, 0.717) is 0 Å². The van der Waals surface area contributed by atoms with Crippen LogP contribution in [0.4, 0.5) is 0 Å². The van der Waals surface area contributed by atoms with Gasteiger partial charge in [-0.3, -0.25) is 0 Å². The van der Waals surface area contributed by atoms with E-state index >= 15 is 0 Å². The van der Waals surface area contributed by atoms with Gasteiger partial charge in [-0.15, -0.1) is 0 Å². The van der Waals surface area contributed by atoms with Gasteiger partial charge in [-0.05, 0) is 60.7 Å². The standard InChI is InChI=1S/C20H36.2C9H18.2C2H6.CH4/c1-16-7-5-11-17(12-6-8-16)19-9-3-2-4-10-20(15-19)18-13-14-18;2*1-9-7-5-3-2-4-6-8-9;2*1-2;/h16-20H,2-15H2,1H3;2*9H,2-8H2,1H3;2*1-2H3;1H4. The maximum Gasteiger partial charge on any atom is -0.0383 e. The van der Waals surface area contributed by atoms with Gasteiger partial charge in [0.1, 0.15) is 0 Å². The van der Waals surface area contributed by atoms with Crippen LogP contribution in [-0.4, -0.2) is 0 Å². The molecule has 0 aromatic heterocycles. The van der Waals surface area contributed by atoms with Gasteiger partial charge in [0.2, 0.25) is 0 Å². The van der Waals surface area contributed by atoms with E-state index in [9.17, 15) is 0 Å². The Balaban J connectivity index is 0.000000645. The van der Waals surface area contributed by atoms with E-state index in [-0.39, 0.29) is 7.43 Å². The molecular formula is C43H88. The summed E-state index contributed by atoms with van der Waals surface area (Å²) in [6, 6.07) is 0. The predicted octanol–water partition coefficient (Wildman–Crippen LogP) is 16.0. The van der Waals surface area contributed by atoms with Crippen molar-refractivity contribution in [3.63, 3.8) is 0 Å². The van der Waals surface area contributed by atoms with Crippen LogP contribution in [0.2, 0.25) is 0 Å². The van der Waals surface area contributed by atoms with Crippen LogP contribution in [0.25, 0.3) is 0 Å². The third-order valence-electron chi connectivity index (χ3n) is 11.5. The summed E-state index contributed by atoms with van der Waals surface area (Å²) < 4.78 is 0. The van der Waals surface area contributed by atoms with E-state index < -0.39 is 0 Å². The maximum atomic E-state index is 2.47. The molecule has 5 saturated carbocycles. The summed E-state index contributed by atoms with van der Waals surface area (Å²) in [4.78, 5) is 0. The Morgan fingerprint density at radius 3 is 0.837 bits per heavy atom. The summed E-state index contributed by atoms with van der Waals surface area (Å²) in [6.07, 6.45) is 42.5. The second kappa shape index (κ2) is 29.4. The fourth-order valence-electron chi connectivity index (χ4n) is 8.58. The SMILES string of the molecule is C.CC.CC.CC1CCCC(C2CCCCCC(C3CC3)C2)CCC1.CC1CCCCCCC1.CC1CCCCCCC1. The van der Waals surface area contributed by atoms with Gasteiger partial charge in [0.15, 0.2) is 0 Å². The molecule has 5 aliphatic rings. The van der Waals surface area contributed by atoms with Crippen LogP contribution in [0.1, 0.15) is 236 Å². The Kier molecular flexibility index (Phi) is 29.4. The minimum Gasteiger partial charge on any atom is -0.0776 e. The Morgan fingerprint density at radius 2 is 0.488 bits per heavy atom. The van der Waals surface area contributed by atoms with Crippen molar-refractivity contribution < 1.29 is 0 Å². The average molecular weight is 605 g/mol. The fourth-order valence-corrected chi connectivity index (χ4v) is 8.58. The smallest absolute Gasteiger partial charge is 0.0383 e. The average Bonchev–Trinajstić information content (AvgIpc) is 3.80. The lowest BCUT2D eigenvalue weighted by molar-refractivity contribution is 0.173. The molecule has 43 heavy (non-hydrogen) atoms. The first-order valence-corrected chi connectivity index (χ1v) is 20.6. The predicted molar refractivity (Wildman–Crippen MR) is 200 cm³/mol. The second-order valence-electron chi connectivity index (χ2n) is 15.4. The molecule has 0 radical (unpaired) electrons. The minimum atomic E-state index is 0. The molecule has 0 amide bonds. The van der Waals surface area contributed by atoms with E-state index in [1.807, 2.05) is 27.7 Å². The molecular weight excluding hydrogens is 516 g/mol. The highest BCUT2D eigenvalue weighted by Gasteiger charge is 2.35. The van der Waals surface area contributed by atoms with Gasteiger partial charge < -0.3 is 0 Å². The summed E-state index contributed by atoms with van der Waals surface area (Å²) in [6.45, 7) is 15.3. The molecule has 0 N–H and O–H groups in total. The number of hydrogen-bond donors (Lipinski definition) is 0. The minimum absolute atomic E-state index is 0. The third-order valence-corrected chi connectivity index (χ3v) is 11.5. The van der Waals surface area contributed by atoms with Gasteiger partial charge in [0.05, 0.1) is 0 Å². The first-order valence-electron chi connectivity index (χ1n) is 20.6. The molecule has 5 rings (SSSR count). The highest BCUT2D eigenvalue weighted by atomic mass is 14.4. The molecule has 260 valence electrons. The monoisotopic (exact) mass is 605 g/mol. The molecule has 5 fully saturated rings. The molecule has 0 heteroatoms. The van der Waals surface area contributed by atoms with Gasteiger partial charge >= 0.3 is 0 Å². The Labute approximate surface area is 276 Å². The highest BCUT2D eigenvalue weighted by Crippen LogP contribution is 2.46. The first kappa shape index (κ1) is 43.0. The molecule has 0 aromatic carbocycles. The van der Waals surface area contributed by atoms with Crippen molar-refractivity contribution in [3.8, 4) is 0 Å². The Morgan fingerprint density at radius 1 is 0.256 bits per heavy atom. The fraction of sp³-hybridized carbons (Fsp3) is 1.00. The lowest BCUT2D eigenvalue weighted by Crippen LogP contribution is -2.22. The molecule has 0 spiro atoms. The molecule has 0 aromatic rings. The summed E-state index contributed by atoms with van der Waals surface area (Å²) in [7, 11) is 0. The largest absolute Gasteiger partial charge is 0.0776 e. The van der Waals surface area contributed by atoms with E-state index in [4.69, 9.17) is 0 Å². The van der Waals surface area contributed by atoms with Crippen LogP contribution in [0.5, 0.6) is 0 Å². The lowest BCUT2D eigenvalue weighted by Gasteiger charge is -2.34. The van der Waals surface area contributed by atoms with Crippen molar-refractivity contribution in [3.05, 3.63) is 0 Å². The van der Waals surface area contributed by atoms with Crippen LogP contribution >= 0.6 is 0 Å². The van der Waals surface area contributed by atoms with E-state index in [1.54, 1.807) is 44.9 Å². The number of rotatable bonds is 2. The molecule has 5 aliphatic carbocycles. The van der Waals surface area contributed by atoms with Gasteiger partial charge in [-0.25, -0.2) is 0 Å². The van der Waals surface area contributed by atoms with Crippen LogP contribution in [0.3, 0.4) is 0 Å². The van der Waals surface area contributed by atoms with Crippen LogP contribution < -0.4 is 0 Å². The summed E-state index contributed by atoms with van der Waals surface area (Å²) in [5.74, 6) is 7.54. The highest BCUT2D eigenvalue weighted by molar-refractivity contribution is 4.86. The molecule has 0 heterocycles. The molecule has 0 bridgehead atoms. The molecule has 2 unspecified atom stereocenters. The zero-order chi connectivity index (χ0) is 30.8. The van der Waals surface area contributed by atoms with Crippen LogP contribution in [0.15, 0.2) is 0 Å². The van der Waals surface area contributed by atoms with E-state index in [1.165, 1.54) is 135 Å². The van der Waals surface area contributed by atoms with Crippen molar-refractivity contribution in [2.75, 3.05) is 0 Å². The van der Waals surface area contributed by atoms with Crippen LogP contribution in [-0.2, 0) is 0 Å². The van der Waals surface area contributed by atoms with Gasteiger partial charge in [0.25, 0.3) is 0 Å². The molecule has 0 nitrogen and oxygen atoms in total. The third kappa shape index (κ3) is 22.2. The second-order valence-corrected chi connectivity index (χ2v) is 15.4. The van der Waals surface area contributed by atoms with Crippen molar-refractivity contribution in [2.45, 2.75) is 236 Å². The Hall–Kier alpha value is 0. The van der Waals surface area contributed by atoms with Gasteiger partial charge in [-0.1, -0.05) is 216 Å². The zero-order valence-electron chi connectivity index (χ0n) is 30.8. The van der Waals surface area contributed by atoms with Crippen molar-refractivity contribution in [1.82, 2.24) is 0 Å². The number of hydrogen-bond acceptors (Lipinski definition) is 0. The van der Waals surface area contributed by atoms with E-state index in [0.717, 1.165) is 41.4 Å². The van der Waals surface area contributed by atoms with Crippen molar-refractivity contribution >= 4 is 0 Å². The lowest BCUT2D eigenvalue weighted by atomic mass is 9.72. The molecule has 0 aliphatic heterocycles. The topological polar surface area (TPSA) is 0 Å². The van der Waals surface area contributed by atoms with Gasteiger partial charge in [0, 0.05) is 0 Å². The first-order chi connectivity index (χ1) is 20.6.